The summed E-state index contributed by atoms with van der Waals surface area (Å²) < 4.78 is 0. The monoisotopic (exact) mass is 711 g/mol. The number of hydrogen-bond donors (Lipinski definition) is 0. The lowest BCUT2D eigenvalue weighted by Gasteiger charge is -2.14. The topological polar surface area (TPSA) is 30.1 Å². The van der Waals surface area contributed by atoms with Gasteiger partial charge in [-0.05, 0) is 72.1 Å². The Kier molecular flexibility index (Phi) is 8.21. The van der Waals surface area contributed by atoms with Crippen molar-refractivity contribution in [1.82, 2.24) is 9.97 Å². The Morgan fingerprint density at radius 1 is 0.321 bits per heavy atom. The summed E-state index contributed by atoms with van der Waals surface area (Å²) in [6.07, 6.45) is 0. The maximum absolute atomic E-state index is 7.24. The first-order chi connectivity index (χ1) is 27.7. The number of aromatic nitrogens is 2. The van der Waals surface area contributed by atoms with Gasteiger partial charge in [0.2, 0.25) is 0 Å². The average molecular weight is 712 g/mol. The van der Waals surface area contributed by atoms with Crippen LogP contribution in [0.2, 0.25) is 0 Å². The van der Waals surface area contributed by atoms with Crippen molar-refractivity contribution in [1.29, 1.82) is 0 Å². The molecule has 10 rings (SSSR count). The van der Waals surface area contributed by atoms with E-state index in [-0.39, 0.29) is 0 Å². The zero-order valence-electron chi connectivity index (χ0n) is 30.4. The number of fused-ring (bicyclic) bond motifs is 3. The Morgan fingerprint density at radius 3 is 1.38 bits per heavy atom. The van der Waals surface area contributed by atoms with Crippen molar-refractivity contribution >= 4 is 38.1 Å². The van der Waals surface area contributed by atoms with E-state index in [1.54, 1.807) is 0 Å². The van der Waals surface area contributed by atoms with E-state index >= 15 is 0 Å². The molecule has 0 saturated carbocycles. The molecular weight excluding hydrogens is 679 g/mol. The van der Waals surface area contributed by atoms with E-state index in [0.717, 1.165) is 50.0 Å². The highest BCUT2D eigenvalue weighted by atomic mass is 14.9. The third kappa shape index (κ3) is 5.97. The molecule has 0 aliphatic heterocycles. The summed E-state index contributed by atoms with van der Waals surface area (Å²) in [7, 11) is 0. The third-order valence-corrected chi connectivity index (χ3v) is 10.8. The number of nitrogens with zero attached hydrogens (tertiary/aromatic N) is 3. The molecule has 3 heteroatoms. The highest BCUT2D eigenvalue weighted by Crippen LogP contribution is 2.38. The van der Waals surface area contributed by atoms with Crippen LogP contribution in [0.4, 0.5) is 5.69 Å². The van der Waals surface area contributed by atoms with E-state index in [4.69, 9.17) is 16.5 Å². The molecule has 260 valence electrons. The van der Waals surface area contributed by atoms with Gasteiger partial charge in [0.25, 0.3) is 0 Å². The number of para-hydroxylation sites is 1. The van der Waals surface area contributed by atoms with Crippen LogP contribution in [0.1, 0.15) is 0 Å². The lowest BCUT2D eigenvalue weighted by Crippen LogP contribution is -1.95. The van der Waals surface area contributed by atoms with Crippen molar-refractivity contribution in [3.05, 3.63) is 212 Å². The summed E-state index contributed by atoms with van der Waals surface area (Å²) >= 11 is 0. The van der Waals surface area contributed by atoms with Crippen LogP contribution < -0.4 is 0 Å². The molecular formula is C53H33N3. The minimum Gasteiger partial charge on any atom is -0.238 e. The van der Waals surface area contributed by atoms with Crippen LogP contribution in [0.25, 0.3) is 104 Å². The van der Waals surface area contributed by atoms with Gasteiger partial charge in [-0.1, -0.05) is 194 Å². The molecule has 9 aromatic carbocycles. The van der Waals surface area contributed by atoms with Gasteiger partial charge in [0.15, 0.2) is 11.5 Å². The van der Waals surface area contributed by atoms with Gasteiger partial charge >= 0.3 is 0 Å². The fourth-order valence-electron chi connectivity index (χ4n) is 7.88. The van der Waals surface area contributed by atoms with Gasteiger partial charge in [-0.25, -0.2) is 14.8 Å². The van der Waals surface area contributed by atoms with Crippen LogP contribution in [-0.2, 0) is 0 Å². The zero-order valence-corrected chi connectivity index (χ0v) is 30.4. The van der Waals surface area contributed by atoms with Gasteiger partial charge in [-0.3, -0.25) is 0 Å². The summed E-state index contributed by atoms with van der Waals surface area (Å²) in [5.41, 5.74) is 13.8. The van der Waals surface area contributed by atoms with E-state index < -0.39 is 0 Å². The van der Waals surface area contributed by atoms with E-state index in [0.29, 0.717) is 11.5 Å². The standard InChI is InChI=1S/C53H33N3/c1-54-43-31-29-36(30-32-43)35-17-19-39(20-18-35)46-33-34-47(49-13-5-4-12-48(46)49)40-23-27-42(28-24-40)53-55-51-16-7-6-14-50(51)52(56-53)41-25-21-38(22-26-41)45-15-8-10-37-9-2-3-11-44(37)45/h2-34H. The first-order valence-electron chi connectivity index (χ1n) is 18.8. The van der Waals surface area contributed by atoms with Crippen molar-refractivity contribution in [3.8, 4) is 67.2 Å². The Balaban J connectivity index is 0.973. The predicted octanol–water partition coefficient (Wildman–Crippen LogP) is 14.5. The smallest absolute Gasteiger partial charge is 0.187 e. The minimum atomic E-state index is 0.651. The summed E-state index contributed by atoms with van der Waals surface area (Å²) in [5, 5.41) is 5.92. The summed E-state index contributed by atoms with van der Waals surface area (Å²) in [4.78, 5) is 13.8. The molecule has 0 fully saturated rings. The van der Waals surface area contributed by atoms with Crippen LogP contribution in [0.3, 0.4) is 0 Å². The van der Waals surface area contributed by atoms with Gasteiger partial charge in [0.1, 0.15) is 0 Å². The van der Waals surface area contributed by atoms with Crippen LogP contribution in [0, 0.1) is 6.57 Å². The van der Waals surface area contributed by atoms with Crippen LogP contribution in [-0.4, -0.2) is 9.97 Å². The van der Waals surface area contributed by atoms with E-state index in [9.17, 15) is 0 Å². The van der Waals surface area contributed by atoms with Crippen LogP contribution in [0.5, 0.6) is 0 Å². The quantitative estimate of drug-likeness (QED) is 0.161. The van der Waals surface area contributed by atoms with Crippen LogP contribution >= 0.6 is 0 Å². The molecule has 10 aromatic rings. The molecule has 3 nitrogen and oxygen atoms in total. The molecule has 56 heavy (non-hydrogen) atoms. The molecule has 0 aliphatic rings. The third-order valence-electron chi connectivity index (χ3n) is 10.8. The zero-order chi connectivity index (χ0) is 37.4. The molecule has 0 saturated heterocycles. The molecule has 1 heterocycles. The summed E-state index contributed by atoms with van der Waals surface area (Å²) in [6, 6.07) is 70.2. The van der Waals surface area contributed by atoms with Gasteiger partial charge in [-0.2, -0.15) is 0 Å². The maximum atomic E-state index is 7.24. The highest BCUT2D eigenvalue weighted by molar-refractivity contribution is 6.05. The van der Waals surface area contributed by atoms with E-state index in [1.165, 1.54) is 43.8 Å². The Morgan fingerprint density at radius 2 is 0.768 bits per heavy atom. The fraction of sp³-hybridized carbons (Fsp3) is 0. The van der Waals surface area contributed by atoms with E-state index in [2.05, 4.69) is 175 Å². The predicted molar refractivity (Wildman–Crippen MR) is 233 cm³/mol. The second-order valence-corrected chi connectivity index (χ2v) is 14.0. The van der Waals surface area contributed by atoms with Crippen LogP contribution in [0.15, 0.2) is 200 Å². The van der Waals surface area contributed by atoms with Crippen molar-refractivity contribution in [2.75, 3.05) is 0 Å². The van der Waals surface area contributed by atoms with Crippen molar-refractivity contribution in [2.45, 2.75) is 0 Å². The van der Waals surface area contributed by atoms with Crippen molar-refractivity contribution in [3.63, 3.8) is 0 Å². The SMILES string of the molecule is [C-]#[N+]c1ccc(-c2ccc(-c3ccc(-c4ccc(-c5nc(-c6ccc(-c7cccc8ccccc78)cc6)c6ccccc6n5)cc4)c4ccccc34)cc2)cc1. The van der Waals surface area contributed by atoms with E-state index in [1.807, 2.05) is 30.3 Å². The fourth-order valence-corrected chi connectivity index (χ4v) is 7.88. The van der Waals surface area contributed by atoms with Gasteiger partial charge in [0.05, 0.1) is 17.8 Å². The largest absolute Gasteiger partial charge is 0.238 e. The molecule has 0 radical (unpaired) electrons. The first kappa shape index (κ1) is 32.9. The molecule has 0 bridgehead atoms. The molecule has 1 aromatic heterocycles. The van der Waals surface area contributed by atoms with Gasteiger partial charge in [-0.15, -0.1) is 0 Å². The Hall–Kier alpha value is -7.67. The molecule has 0 N–H and O–H groups in total. The number of rotatable bonds is 6. The number of benzene rings is 9. The van der Waals surface area contributed by atoms with Crippen molar-refractivity contribution in [2.24, 2.45) is 0 Å². The highest BCUT2D eigenvalue weighted by Gasteiger charge is 2.14. The molecule has 0 atom stereocenters. The molecule has 0 spiro atoms. The van der Waals surface area contributed by atoms with Gasteiger partial charge < -0.3 is 0 Å². The number of hydrogen-bond acceptors (Lipinski definition) is 2. The second-order valence-electron chi connectivity index (χ2n) is 14.0. The second kappa shape index (κ2) is 14.0. The average Bonchev–Trinajstić information content (AvgIpc) is 3.28. The lowest BCUT2D eigenvalue weighted by atomic mass is 9.91. The summed E-state index contributed by atoms with van der Waals surface area (Å²) in [5.74, 6) is 0.703. The molecule has 0 aliphatic carbocycles. The lowest BCUT2D eigenvalue weighted by molar-refractivity contribution is 1.23. The first-order valence-corrected chi connectivity index (χ1v) is 18.8. The molecule has 0 unspecified atom stereocenters. The Labute approximate surface area is 325 Å². The normalized spacial score (nSPS) is 11.2. The maximum Gasteiger partial charge on any atom is 0.187 e. The Bertz CT molecular complexity index is 3100. The molecule has 0 amide bonds. The summed E-state index contributed by atoms with van der Waals surface area (Å²) in [6.45, 7) is 7.24. The van der Waals surface area contributed by atoms with Gasteiger partial charge in [0, 0.05) is 16.5 Å². The minimum absolute atomic E-state index is 0.651. The van der Waals surface area contributed by atoms with Crippen molar-refractivity contribution < 1.29 is 0 Å².